The highest BCUT2D eigenvalue weighted by Crippen LogP contribution is 2.39. The largest absolute Gasteiger partial charge is 0.490 e. The number of nitrogens with one attached hydrogen (secondary N) is 1. The van der Waals surface area contributed by atoms with Gasteiger partial charge in [0, 0.05) is 11.1 Å². The summed E-state index contributed by atoms with van der Waals surface area (Å²) in [7, 11) is 0. The fraction of sp³-hybridized carbons (Fsp3) is 0.304. The van der Waals surface area contributed by atoms with E-state index in [2.05, 4.69) is 20.6 Å². The molecule has 10 heteroatoms. The first-order valence-electron chi connectivity index (χ1n) is 10.7. The highest BCUT2D eigenvalue weighted by atomic mass is 32.1. The first kappa shape index (κ1) is 22.5. The molecule has 0 atom stereocenters. The summed E-state index contributed by atoms with van der Waals surface area (Å²) < 4.78 is 18.7. The van der Waals surface area contributed by atoms with Crippen LogP contribution >= 0.6 is 11.3 Å². The minimum absolute atomic E-state index is 0.346. The second-order valence-corrected chi connectivity index (χ2v) is 8.00. The quantitative estimate of drug-likeness (QED) is 0.384. The zero-order valence-corrected chi connectivity index (χ0v) is 19.7. The number of benzene rings is 2. The molecule has 9 nitrogen and oxygen atoms in total. The molecule has 0 saturated heterocycles. The lowest BCUT2D eigenvalue weighted by molar-refractivity contribution is 0.102. The topological polar surface area (TPSA) is 99.9 Å². The standard InChI is InChI=1S/C23H25N5O4S/c1-5-30-17-12-16(13-18(31-6-2)19(17)32-7-3)21(29)24-22-27-28-20(25-26-23(28)33-22)15-10-8-14(4)9-11-15/h8-13H,5-7H2,1-4H3,(H,24,27,29). The maximum atomic E-state index is 13.0. The van der Waals surface area contributed by atoms with Gasteiger partial charge in [0.1, 0.15) is 0 Å². The molecule has 2 heterocycles. The summed E-state index contributed by atoms with van der Waals surface area (Å²) in [5, 5.41) is 16.2. The van der Waals surface area contributed by atoms with Crippen LogP contribution in [0.2, 0.25) is 0 Å². The number of aromatic nitrogens is 4. The van der Waals surface area contributed by atoms with Crippen molar-refractivity contribution in [1.82, 2.24) is 19.8 Å². The number of hydrogen-bond donors (Lipinski definition) is 1. The number of fused-ring (bicyclic) bond motifs is 1. The van der Waals surface area contributed by atoms with Crippen molar-refractivity contribution in [1.29, 1.82) is 0 Å². The van der Waals surface area contributed by atoms with Crippen molar-refractivity contribution < 1.29 is 19.0 Å². The zero-order valence-electron chi connectivity index (χ0n) is 18.9. The third-order valence-electron chi connectivity index (χ3n) is 4.69. The monoisotopic (exact) mass is 467 g/mol. The van der Waals surface area contributed by atoms with Crippen LogP contribution in [0.3, 0.4) is 0 Å². The van der Waals surface area contributed by atoms with Gasteiger partial charge in [0.05, 0.1) is 19.8 Å². The summed E-state index contributed by atoms with van der Waals surface area (Å²) in [6, 6.07) is 11.2. The highest BCUT2D eigenvalue weighted by molar-refractivity contribution is 7.20. The molecule has 0 bridgehead atoms. The molecule has 172 valence electrons. The van der Waals surface area contributed by atoms with Crippen LogP contribution in [0.5, 0.6) is 17.2 Å². The SMILES string of the molecule is CCOc1cc(C(=O)Nc2nn3c(-c4ccc(C)cc4)nnc3s2)cc(OCC)c1OCC. The van der Waals surface area contributed by atoms with Crippen LogP contribution in [0.25, 0.3) is 16.3 Å². The van der Waals surface area contributed by atoms with Gasteiger partial charge in [-0.05, 0) is 39.8 Å². The maximum absolute atomic E-state index is 13.0. The van der Waals surface area contributed by atoms with Crippen molar-refractivity contribution in [3.63, 3.8) is 0 Å². The van der Waals surface area contributed by atoms with E-state index in [4.69, 9.17) is 14.2 Å². The van der Waals surface area contributed by atoms with Gasteiger partial charge in [-0.1, -0.05) is 41.2 Å². The van der Waals surface area contributed by atoms with E-state index in [1.54, 1.807) is 16.6 Å². The minimum atomic E-state index is -0.346. The second kappa shape index (κ2) is 9.86. The predicted molar refractivity (Wildman–Crippen MR) is 127 cm³/mol. The fourth-order valence-corrected chi connectivity index (χ4v) is 3.97. The molecule has 0 saturated carbocycles. The molecule has 0 aliphatic rings. The van der Waals surface area contributed by atoms with E-state index < -0.39 is 0 Å². The lowest BCUT2D eigenvalue weighted by Gasteiger charge is -2.16. The Hall–Kier alpha value is -3.66. The van der Waals surface area contributed by atoms with E-state index in [9.17, 15) is 4.79 Å². The average molecular weight is 468 g/mol. The normalized spacial score (nSPS) is 10.9. The lowest BCUT2D eigenvalue weighted by atomic mass is 10.1. The number of hydrogen-bond acceptors (Lipinski definition) is 8. The molecular formula is C23H25N5O4S. The summed E-state index contributed by atoms with van der Waals surface area (Å²) in [6.45, 7) is 8.94. The molecular weight excluding hydrogens is 442 g/mol. The molecule has 0 radical (unpaired) electrons. The van der Waals surface area contributed by atoms with Gasteiger partial charge in [-0.3, -0.25) is 10.1 Å². The Kier molecular flexibility index (Phi) is 6.74. The summed E-state index contributed by atoms with van der Waals surface area (Å²) >= 11 is 1.24. The molecule has 4 aromatic rings. The Balaban J connectivity index is 1.63. The molecule has 2 aromatic carbocycles. The molecule has 4 rings (SSSR count). The first-order chi connectivity index (χ1) is 16.0. The second-order valence-electron chi connectivity index (χ2n) is 7.05. The summed E-state index contributed by atoms with van der Waals surface area (Å²) in [5.74, 6) is 1.66. The van der Waals surface area contributed by atoms with Gasteiger partial charge < -0.3 is 14.2 Å². The first-order valence-corrected chi connectivity index (χ1v) is 11.5. The van der Waals surface area contributed by atoms with E-state index in [1.165, 1.54) is 11.3 Å². The van der Waals surface area contributed by atoms with Crippen LogP contribution in [0.15, 0.2) is 36.4 Å². The molecule has 0 spiro atoms. The molecule has 1 N–H and O–H groups in total. The predicted octanol–water partition coefficient (Wildman–Crippen LogP) is 4.61. The fourth-order valence-electron chi connectivity index (χ4n) is 3.24. The zero-order chi connectivity index (χ0) is 23.4. The van der Waals surface area contributed by atoms with Crippen molar-refractivity contribution in [2.75, 3.05) is 25.1 Å². The third-order valence-corrected chi connectivity index (χ3v) is 5.51. The van der Waals surface area contributed by atoms with Crippen molar-refractivity contribution in [3.8, 4) is 28.6 Å². The molecule has 33 heavy (non-hydrogen) atoms. The van der Waals surface area contributed by atoms with Gasteiger partial charge >= 0.3 is 0 Å². The van der Waals surface area contributed by atoms with Crippen LogP contribution in [0.4, 0.5) is 5.13 Å². The number of carbonyl (C=O) groups is 1. The number of amides is 1. The summed E-state index contributed by atoms with van der Waals surface area (Å²) in [4.78, 5) is 13.6. The number of anilines is 1. The molecule has 0 unspecified atom stereocenters. The molecule has 1 amide bonds. The Morgan fingerprint density at radius 3 is 2.21 bits per heavy atom. The third kappa shape index (κ3) is 4.75. The lowest BCUT2D eigenvalue weighted by Crippen LogP contribution is -2.13. The number of rotatable bonds is 9. The van der Waals surface area contributed by atoms with E-state index in [0.717, 1.165) is 11.1 Å². The van der Waals surface area contributed by atoms with Crippen molar-refractivity contribution in [3.05, 3.63) is 47.5 Å². The van der Waals surface area contributed by atoms with Crippen molar-refractivity contribution in [2.24, 2.45) is 0 Å². The number of carbonyl (C=O) groups excluding carboxylic acids is 1. The van der Waals surface area contributed by atoms with Gasteiger partial charge in [-0.25, -0.2) is 0 Å². The smallest absolute Gasteiger partial charge is 0.257 e. The Morgan fingerprint density at radius 2 is 1.61 bits per heavy atom. The van der Waals surface area contributed by atoms with Crippen LogP contribution < -0.4 is 19.5 Å². The van der Waals surface area contributed by atoms with E-state index >= 15 is 0 Å². The highest BCUT2D eigenvalue weighted by Gasteiger charge is 2.20. The van der Waals surface area contributed by atoms with Gasteiger partial charge in [0.2, 0.25) is 15.8 Å². The minimum Gasteiger partial charge on any atom is -0.490 e. The Labute approximate surface area is 195 Å². The maximum Gasteiger partial charge on any atom is 0.257 e. The average Bonchev–Trinajstić information content (AvgIpc) is 3.37. The molecule has 0 aliphatic carbocycles. The Morgan fingerprint density at radius 1 is 0.970 bits per heavy atom. The van der Waals surface area contributed by atoms with Gasteiger partial charge in [-0.15, -0.1) is 15.3 Å². The van der Waals surface area contributed by atoms with E-state index in [-0.39, 0.29) is 5.91 Å². The molecule has 0 aliphatic heterocycles. The number of nitrogens with zero attached hydrogens (tertiary/aromatic N) is 4. The van der Waals surface area contributed by atoms with Crippen LogP contribution in [0, 0.1) is 6.92 Å². The van der Waals surface area contributed by atoms with Crippen molar-refractivity contribution >= 4 is 27.3 Å². The molecule has 0 fully saturated rings. The van der Waals surface area contributed by atoms with Crippen LogP contribution in [0.1, 0.15) is 36.7 Å². The Bertz CT molecular complexity index is 1240. The summed E-state index contributed by atoms with van der Waals surface area (Å²) in [6.07, 6.45) is 0. The van der Waals surface area contributed by atoms with E-state index in [0.29, 0.717) is 58.5 Å². The van der Waals surface area contributed by atoms with Crippen LogP contribution in [-0.2, 0) is 0 Å². The molecule has 2 aromatic heterocycles. The van der Waals surface area contributed by atoms with Gasteiger partial charge in [0.15, 0.2) is 17.3 Å². The number of aryl methyl sites for hydroxylation is 1. The summed E-state index contributed by atoms with van der Waals surface area (Å²) in [5.41, 5.74) is 2.42. The van der Waals surface area contributed by atoms with E-state index in [1.807, 2.05) is 52.0 Å². The van der Waals surface area contributed by atoms with Gasteiger partial charge in [-0.2, -0.15) is 4.52 Å². The van der Waals surface area contributed by atoms with Crippen molar-refractivity contribution in [2.45, 2.75) is 27.7 Å². The van der Waals surface area contributed by atoms with Crippen LogP contribution in [-0.4, -0.2) is 45.5 Å². The van der Waals surface area contributed by atoms with Gasteiger partial charge in [0.25, 0.3) is 5.91 Å². The number of ether oxygens (including phenoxy) is 3.